The summed E-state index contributed by atoms with van der Waals surface area (Å²) < 4.78 is 5.30. The minimum absolute atomic E-state index is 0.120. The van der Waals surface area contributed by atoms with Crippen LogP contribution in [0, 0.1) is 13.8 Å². The van der Waals surface area contributed by atoms with E-state index in [1.54, 1.807) is 31.1 Å². The zero-order valence-corrected chi connectivity index (χ0v) is 19.3. The molecule has 0 spiro atoms. The molecule has 1 saturated heterocycles. The second-order valence-electron chi connectivity index (χ2n) is 8.07. The molecule has 172 valence electrons. The van der Waals surface area contributed by atoms with Gasteiger partial charge in [0.1, 0.15) is 5.75 Å². The van der Waals surface area contributed by atoms with E-state index < -0.39 is 0 Å². The van der Waals surface area contributed by atoms with Gasteiger partial charge in [-0.25, -0.2) is 9.97 Å². The van der Waals surface area contributed by atoms with Crippen LogP contribution in [0.15, 0.2) is 30.5 Å². The van der Waals surface area contributed by atoms with E-state index in [4.69, 9.17) is 4.74 Å². The number of nitrogens with zero attached hydrogens (tertiary/aromatic N) is 4. The van der Waals surface area contributed by atoms with Gasteiger partial charge in [0.25, 0.3) is 11.8 Å². The van der Waals surface area contributed by atoms with Gasteiger partial charge in [0.05, 0.1) is 30.1 Å². The lowest BCUT2D eigenvalue weighted by Crippen LogP contribution is -2.32. The number of hydrogen-bond acceptors (Lipinski definition) is 6. The number of rotatable bonds is 6. The van der Waals surface area contributed by atoms with Gasteiger partial charge in [-0.3, -0.25) is 14.7 Å². The first kappa shape index (κ1) is 22.4. The molecule has 3 aromatic rings. The van der Waals surface area contributed by atoms with Crippen LogP contribution in [0.25, 0.3) is 0 Å². The summed E-state index contributed by atoms with van der Waals surface area (Å²) in [7, 11) is 1.55. The number of aromatic amines is 1. The highest BCUT2D eigenvalue weighted by molar-refractivity contribution is 6.05. The molecule has 1 atom stereocenters. The number of methoxy groups -OCH3 is 1. The molecular weight excluding hydrogens is 420 g/mol. The van der Waals surface area contributed by atoms with Crippen LogP contribution in [0.2, 0.25) is 0 Å². The number of carbonyl (C=O) groups is 2. The van der Waals surface area contributed by atoms with Gasteiger partial charge in [0.2, 0.25) is 0 Å². The van der Waals surface area contributed by atoms with Crippen molar-refractivity contribution < 1.29 is 14.3 Å². The van der Waals surface area contributed by atoms with Crippen LogP contribution in [-0.2, 0) is 6.42 Å². The molecular formula is C24H28N6O3. The number of amides is 2. The number of hydrogen-bond donors (Lipinski definition) is 2. The van der Waals surface area contributed by atoms with Crippen LogP contribution in [0.4, 0.5) is 5.69 Å². The van der Waals surface area contributed by atoms with Crippen LogP contribution in [0.5, 0.6) is 5.75 Å². The van der Waals surface area contributed by atoms with Crippen molar-refractivity contribution in [3.05, 3.63) is 64.5 Å². The van der Waals surface area contributed by atoms with E-state index in [1.165, 1.54) is 6.20 Å². The lowest BCUT2D eigenvalue weighted by molar-refractivity contribution is 0.0722. The van der Waals surface area contributed by atoms with E-state index in [9.17, 15) is 9.59 Å². The molecule has 33 heavy (non-hydrogen) atoms. The Kier molecular flexibility index (Phi) is 6.39. The maximum absolute atomic E-state index is 13.2. The van der Waals surface area contributed by atoms with Crippen LogP contribution < -0.4 is 10.1 Å². The Labute approximate surface area is 192 Å². The first-order valence-corrected chi connectivity index (χ1v) is 11.1. The minimum Gasteiger partial charge on any atom is -0.495 e. The number of benzene rings is 1. The number of carbonyl (C=O) groups excluding carboxylic acids is 2. The Balaban J connectivity index is 1.55. The van der Waals surface area contributed by atoms with Gasteiger partial charge in [0, 0.05) is 24.0 Å². The summed E-state index contributed by atoms with van der Waals surface area (Å²) in [6.07, 6.45) is 3.94. The Hall–Kier alpha value is -3.75. The zero-order chi connectivity index (χ0) is 23.5. The first-order valence-electron chi connectivity index (χ1n) is 11.1. The van der Waals surface area contributed by atoms with Crippen molar-refractivity contribution in [2.45, 2.75) is 46.1 Å². The highest BCUT2D eigenvalue weighted by Crippen LogP contribution is 2.32. The number of aryl methyl sites for hydroxylation is 2. The normalized spacial score (nSPS) is 15.5. The van der Waals surface area contributed by atoms with E-state index in [1.807, 2.05) is 26.0 Å². The molecule has 1 aliphatic rings. The lowest BCUT2D eigenvalue weighted by Gasteiger charge is -2.23. The van der Waals surface area contributed by atoms with Gasteiger partial charge >= 0.3 is 0 Å². The second kappa shape index (κ2) is 9.40. The quantitative estimate of drug-likeness (QED) is 0.596. The number of likely N-dealkylation sites (tertiary alicyclic amines) is 1. The summed E-state index contributed by atoms with van der Waals surface area (Å²) in [6, 6.07) is 6.95. The summed E-state index contributed by atoms with van der Waals surface area (Å²) >= 11 is 0. The molecule has 0 bridgehead atoms. The molecule has 1 fully saturated rings. The fraction of sp³-hybridized carbons (Fsp3) is 0.375. The third-order valence-corrected chi connectivity index (χ3v) is 6.08. The summed E-state index contributed by atoms with van der Waals surface area (Å²) in [6.45, 7) is 6.33. The van der Waals surface area contributed by atoms with Crippen molar-refractivity contribution in [1.29, 1.82) is 0 Å². The molecule has 9 heteroatoms. The molecule has 2 N–H and O–H groups in total. The van der Waals surface area contributed by atoms with E-state index in [2.05, 4.69) is 25.5 Å². The van der Waals surface area contributed by atoms with Gasteiger partial charge in [-0.1, -0.05) is 19.1 Å². The molecule has 0 radical (unpaired) electrons. The maximum atomic E-state index is 13.2. The van der Waals surface area contributed by atoms with Crippen molar-refractivity contribution in [1.82, 2.24) is 25.1 Å². The molecule has 0 unspecified atom stereocenters. The standard InChI is InChI=1S/C24H28N6O3/c1-5-17-14(2)21(29-28-17)24(32)30-12-8-10-19(30)22-25-13-16(15(3)26-22)23(31)27-18-9-6-7-11-20(18)33-4/h6-7,9,11,13,19H,5,8,10,12H2,1-4H3,(H,27,31)(H,28,29)/t19-/m0/s1. The van der Waals surface area contributed by atoms with Crippen molar-refractivity contribution in [2.75, 3.05) is 19.0 Å². The molecule has 3 heterocycles. The fourth-order valence-electron chi connectivity index (χ4n) is 4.21. The number of H-pyrrole nitrogens is 1. The predicted molar refractivity (Wildman–Crippen MR) is 123 cm³/mol. The predicted octanol–water partition coefficient (Wildman–Crippen LogP) is 3.62. The van der Waals surface area contributed by atoms with E-state index >= 15 is 0 Å². The van der Waals surface area contributed by atoms with E-state index in [0.29, 0.717) is 40.8 Å². The van der Waals surface area contributed by atoms with Crippen LogP contribution in [0.3, 0.4) is 0 Å². The Morgan fingerprint density at radius 1 is 1.27 bits per heavy atom. The van der Waals surface area contributed by atoms with Crippen LogP contribution >= 0.6 is 0 Å². The molecule has 2 aromatic heterocycles. The monoisotopic (exact) mass is 448 g/mol. The average Bonchev–Trinajstić information content (AvgIpc) is 3.45. The van der Waals surface area contributed by atoms with Crippen molar-refractivity contribution in [2.24, 2.45) is 0 Å². The number of nitrogens with one attached hydrogen (secondary N) is 2. The van der Waals surface area contributed by atoms with Crippen LogP contribution in [-0.4, -0.2) is 50.5 Å². The van der Waals surface area contributed by atoms with Gasteiger partial charge in [-0.2, -0.15) is 5.10 Å². The summed E-state index contributed by atoms with van der Waals surface area (Å²) in [5, 5.41) is 10.1. The van der Waals surface area contributed by atoms with Crippen molar-refractivity contribution in [3.63, 3.8) is 0 Å². The molecule has 2 amide bonds. The largest absolute Gasteiger partial charge is 0.495 e. The highest BCUT2D eigenvalue weighted by atomic mass is 16.5. The molecule has 1 aliphatic heterocycles. The Morgan fingerprint density at radius 2 is 2.06 bits per heavy atom. The molecule has 0 aliphatic carbocycles. The highest BCUT2D eigenvalue weighted by Gasteiger charge is 2.34. The molecule has 1 aromatic carbocycles. The minimum atomic E-state index is -0.317. The second-order valence-corrected chi connectivity index (χ2v) is 8.07. The Morgan fingerprint density at radius 3 is 2.76 bits per heavy atom. The van der Waals surface area contributed by atoms with Gasteiger partial charge in [0.15, 0.2) is 11.5 Å². The van der Waals surface area contributed by atoms with Gasteiger partial charge < -0.3 is 15.0 Å². The summed E-state index contributed by atoms with van der Waals surface area (Å²) in [5.41, 5.74) is 3.79. The fourth-order valence-corrected chi connectivity index (χ4v) is 4.21. The number of ether oxygens (including phenoxy) is 1. The van der Waals surface area contributed by atoms with Gasteiger partial charge in [-0.15, -0.1) is 0 Å². The number of aromatic nitrogens is 4. The summed E-state index contributed by atoms with van der Waals surface area (Å²) in [5.74, 6) is 0.671. The van der Waals surface area contributed by atoms with E-state index in [-0.39, 0.29) is 17.9 Å². The third kappa shape index (κ3) is 4.30. The molecule has 9 nitrogen and oxygen atoms in total. The van der Waals surface area contributed by atoms with Crippen LogP contribution in [0.1, 0.15) is 69.4 Å². The van der Waals surface area contributed by atoms with Gasteiger partial charge in [-0.05, 0) is 45.2 Å². The van der Waals surface area contributed by atoms with Crippen molar-refractivity contribution >= 4 is 17.5 Å². The SMILES string of the molecule is CCc1[nH]nc(C(=O)N2CCC[C@H]2c2ncc(C(=O)Nc3ccccc3OC)c(C)n2)c1C. The zero-order valence-electron chi connectivity index (χ0n) is 19.3. The molecule has 0 saturated carbocycles. The number of anilines is 1. The number of para-hydroxylation sites is 2. The maximum Gasteiger partial charge on any atom is 0.275 e. The first-order chi connectivity index (χ1) is 15.9. The summed E-state index contributed by atoms with van der Waals surface area (Å²) in [4.78, 5) is 36.9. The smallest absolute Gasteiger partial charge is 0.275 e. The topological polar surface area (TPSA) is 113 Å². The molecule has 4 rings (SSSR count). The Bertz CT molecular complexity index is 1190. The van der Waals surface area contributed by atoms with Crippen molar-refractivity contribution in [3.8, 4) is 5.75 Å². The third-order valence-electron chi connectivity index (χ3n) is 6.08. The lowest BCUT2D eigenvalue weighted by atomic mass is 10.1. The average molecular weight is 449 g/mol. The van der Waals surface area contributed by atoms with E-state index in [0.717, 1.165) is 30.5 Å².